The van der Waals surface area contributed by atoms with Gasteiger partial charge in [0.2, 0.25) is 0 Å². The van der Waals surface area contributed by atoms with Crippen molar-refractivity contribution in [3.63, 3.8) is 0 Å². The summed E-state index contributed by atoms with van der Waals surface area (Å²) in [6.45, 7) is 0.328. The van der Waals surface area contributed by atoms with Crippen LogP contribution in [0.15, 0.2) is 71.7 Å². The second kappa shape index (κ2) is 8.17. The van der Waals surface area contributed by atoms with Crippen LogP contribution in [0.3, 0.4) is 0 Å². The third-order valence-electron chi connectivity index (χ3n) is 4.09. The summed E-state index contributed by atoms with van der Waals surface area (Å²) in [6.07, 6.45) is 1.60. The van der Waals surface area contributed by atoms with E-state index in [1.165, 1.54) is 35.9 Å². The van der Waals surface area contributed by atoms with E-state index in [1.54, 1.807) is 12.3 Å². The molecule has 0 radical (unpaired) electrons. The SMILES string of the molecule is COc1ccc(NC(=O)c2cccn(Cc3ccccc3)c2=O)cc1[N+](=O)[O-]. The van der Waals surface area contributed by atoms with E-state index in [4.69, 9.17) is 4.74 Å². The Labute approximate surface area is 160 Å². The molecule has 8 nitrogen and oxygen atoms in total. The summed E-state index contributed by atoms with van der Waals surface area (Å²) in [7, 11) is 1.32. The molecule has 1 amide bonds. The van der Waals surface area contributed by atoms with Crippen LogP contribution in [0, 0.1) is 10.1 Å². The summed E-state index contributed by atoms with van der Waals surface area (Å²) in [4.78, 5) is 35.7. The minimum Gasteiger partial charge on any atom is -0.490 e. The number of nitro groups is 1. The Balaban J connectivity index is 1.85. The van der Waals surface area contributed by atoms with Gasteiger partial charge in [-0.25, -0.2) is 0 Å². The molecule has 28 heavy (non-hydrogen) atoms. The maximum Gasteiger partial charge on any atom is 0.312 e. The zero-order valence-corrected chi connectivity index (χ0v) is 15.0. The van der Waals surface area contributed by atoms with Crippen LogP contribution < -0.4 is 15.6 Å². The number of ether oxygens (including phenoxy) is 1. The monoisotopic (exact) mass is 379 g/mol. The molecule has 8 heteroatoms. The number of hydrogen-bond donors (Lipinski definition) is 1. The predicted octanol–water partition coefficient (Wildman–Crippen LogP) is 3.07. The number of carbonyl (C=O) groups excluding carboxylic acids is 1. The molecule has 1 N–H and O–H groups in total. The fourth-order valence-corrected chi connectivity index (χ4v) is 2.72. The molecule has 0 saturated heterocycles. The van der Waals surface area contributed by atoms with Crippen molar-refractivity contribution < 1.29 is 14.5 Å². The molecule has 1 heterocycles. The first-order valence-corrected chi connectivity index (χ1v) is 8.37. The molecule has 0 unspecified atom stereocenters. The van der Waals surface area contributed by atoms with Gasteiger partial charge in [0.25, 0.3) is 11.5 Å². The molecule has 0 aliphatic carbocycles. The Morgan fingerprint density at radius 1 is 1.14 bits per heavy atom. The van der Waals surface area contributed by atoms with Gasteiger partial charge >= 0.3 is 5.69 Å². The zero-order valence-electron chi connectivity index (χ0n) is 15.0. The van der Waals surface area contributed by atoms with Gasteiger partial charge in [0.15, 0.2) is 5.75 Å². The number of nitrogens with zero attached hydrogens (tertiary/aromatic N) is 2. The van der Waals surface area contributed by atoms with Crippen LogP contribution >= 0.6 is 0 Å². The van der Waals surface area contributed by atoms with Gasteiger partial charge in [-0.1, -0.05) is 30.3 Å². The van der Waals surface area contributed by atoms with Crippen molar-refractivity contribution in [2.24, 2.45) is 0 Å². The molecule has 0 aliphatic rings. The number of benzene rings is 2. The largest absolute Gasteiger partial charge is 0.490 e. The summed E-state index contributed by atoms with van der Waals surface area (Å²) < 4.78 is 6.37. The summed E-state index contributed by atoms with van der Waals surface area (Å²) in [5, 5.41) is 13.6. The highest BCUT2D eigenvalue weighted by Crippen LogP contribution is 2.29. The fourth-order valence-electron chi connectivity index (χ4n) is 2.72. The molecule has 0 atom stereocenters. The maximum absolute atomic E-state index is 12.7. The first kappa shape index (κ1) is 18.8. The summed E-state index contributed by atoms with van der Waals surface area (Å²) >= 11 is 0. The van der Waals surface area contributed by atoms with Crippen LogP contribution in [-0.4, -0.2) is 22.5 Å². The van der Waals surface area contributed by atoms with E-state index in [0.29, 0.717) is 6.54 Å². The van der Waals surface area contributed by atoms with E-state index >= 15 is 0 Å². The Morgan fingerprint density at radius 2 is 1.89 bits per heavy atom. The van der Waals surface area contributed by atoms with E-state index < -0.39 is 16.4 Å². The van der Waals surface area contributed by atoms with Gasteiger partial charge in [-0.3, -0.25) is 19.7 Å². The van der Waals surface area contributed by atoms with E-state index in [9.17, 15) is 19.7 Å². The quantitative estimate of drug-likeness (QED) is 0.524. The number of aromatic nitrogens is 1. The van der Waals surface area contributed by atoms with Crippen molar-refractivity contribution in [1.29, 1.82) is 0 Å². The highest BCUT2D eigenvalue weighted by molar-refractivity contribution is 6.04. The summed E-state index contributed by atoms with van der Waals surface area (Å²) in [5.41, 5.74) is 0.321. The third kappa shape index (κ3) is 4.07. The van der Waals surface area contributed by atoms with Crippen LogP contribution in [0.25, 0.3) is 0 Å². The van der Waals surface area contributed by atoms with Gasteiger partial charge in [0.1, 0.15) is 5.56 Å². The van der Waals surface area contributed by atoms with Crippen LogP contribution in [0.2, 0.25) is 0 Å². The predicted molar refractivity (Wildman–Crippen MR) is 104 cm³/mol. The lowest BCUT2D eigenvalue weighted by Gasteiger charge is -2.09. The number of amides is 1. The molecule has 142 valence electrons. The first-order chi connectivity index (χ1) is 13.5. The topological polar surface area (TPSA) is 103 Å². The van der Waals surface area contributed by atoms with Gasteiger partial charge in [0, 0.05) is 18.0 Å². The fraction of sp³-hybridized carbons (Fsp3) is 0.100. The summed E-state index contributed by atoms with van der Waals surface area (Å²) in [5.74, 6) is -0.570. The second-order valence-electron chi connectivity index (χ2n) is 5.94. The molecular formula is C20H17N3O5. The normalized spacial score (nSPS) is 10.3. The first-order valence-electron chi connectivity index (χ1n) is 8.37. The molecule has 1 aromatic heterocycles. The second-order valence-corrected chi connectivity index (χ2v) is 5.94. The van der Waals surface area contributed by atoms with E-state index in [-0.39, 0.29) is 22.7 Å². The molecular weight excluding hydrogens is 362 g/mol. The van der Waals surface area contributed by atoms with E-state index in [2.05, 4.69) is 5.32 Å². The van der Waals surface area contributed by atoms with Crippen LogP contribution in [0.1, 0.15) is 15.9 Å². The number of methoxy groups -OCH3 is 1. The zero-order chi connectivity index (χ0) is 20.1. The van der Waals surface area contributed by atoms with Crippen LogP contribution in [0.4, 0.5) is 11.4 Å². The van der Waals surface area contributed by atoms with Crippen molar-refractivity contribution in [3.8, 4) is 5.75 Å². The lowest BCUT2D eigenvalue weighted by Crippen LogP contribution is -2.29. The Hall–Kier alpha value is -3.94. The smallest absolute Gasteiger partial charge is 0.312 e. The number of anilines is 1. The minimum atomic E-state index is -0.646. The molecule has 0 saturated carbocycles. The van der Waals surface area contributed by atoms with Crippen LogP contribution in [0.5, 0.6) is 5.75 Å². The van der Waals surface area contributed by atoms with Gasteiger partial charge in [0.05, 0.1) is 18.6 Å². The van der Waals surface area contributed by atoms with Crippen molar-refractivity contribution in [2.75, 3.05) is 12.4 Å². The Bertz CT molecular complexity index is 1080. The van der Waals surface area contributed by atoms with Crippen molar-refractivity contribution in [3.05, 3.63) is 98.5 Å². The molecule has 0 bridgehead atoms. The van der Waals surface area contributed by atoms with Crippen LogP contribution in [-0.2, 0) is 6.54 Å². The number of hydrogen-bond acceptors (Lipinski definition) is 5. The number of rotatable bonds is 6. The lowest BCUT2D eigenvalue weighted by atomic mass is 10.2. The lowest BCUT2D eigenvalue weighted by molar-refractivity contribution is -0.385. The third-order valence-corrected chi connectivity index (χ3v) is 4.09. The molecule has 0 spiro atoms. The van der Waals surface area contributed by atoms with Gasteiger partial charge in [-0.05, 0) is 29.8 Å². The molecule has 2 aromatic carbocycles. The molecule has 0 aliphatic heterocycles. The van der Waals surface area contributed by atoms with Crippen molar-refractivity contribution >= 4 is 17.3 Å². The molecule has 3 rings (SSSR count). The van der Waals surface area contributed by atoms with Gasteiger partial charge in [-0.2, -0.15) is 0 Å². The molecule has 0 fully saturated rings. The van der Waals surface area contributed by atoms with Gasteiger partial charge in [-0.15, -0.1) is 0 Å². The number of pyridine rings is 1. The highest BCUT2D eigenvalue weighted by Gasteiger charge is 2.18. The van der Waals surface area contributed by atoms with Gasteiger partial charge < -0.3 is 14.6 Å². The Kier molecular flexibility index (Phi) is 5.50. The highest BCUT2D eigenvalue weighted by atomic mass is 16.6. The maximum atomic E-state index is 12.7. The van der Waals surface area contributed by atoms with Crippen molar-refractivity contribution in [2.45, 2.75) is 6.54 Å². The molecule has 3 aromatic rings. The van der Waals surface area contributed by atoms with E-state index in [1.807, 2.05) is 30.3 Å². The standard InChI is InChI=1S/C20H17N3O5/c1-28-18-10-9-15(12-17(18)23(26)27)21-19(24)16-8-5-11-22(20(16)25)13-14-6-3-2-4-7-14/h2-12H,13H2,1H3,(H,21,24). The Morgan fingerprint density at radius 3 is 2.57 bits per heavy atom. The average Bonchev–Trinajstić information content (AvgIpc) is 2.70. The minimum absolute atomic E-state index is 0.0584. The summed E-state index contributed by atoms with van der Waals surface area (Å²) in [6, 6.07) is 16.4. The number of nitro benzene ring substituents is 1. The number of nitrogens with one attached hydrogen (secondary N) is 1. The number of carbonyl (C=O) groups is 1. The average molecular weight is 379 g/mol. The van der Waals surface area contributed by atoms with E-state index in [0.717, 1.165) is 5.56 Å². The van der Waals surface area contributed by atoms with Crippen molar-refractivity contribution in [1.82, 2.24) is 4.57 Å².